The minimum Gasteiger partial charge on any atom is -0.357 e. The molecule has 0 atom stereocenters. The third kappa shape index (κ3) is 4.87. The van der Waals surface area contributed by atoms with Gasteiger partial charge in [-0.1, -0.05) is 6.04 Å². The smallest absolute Gasteiger partial charge is 0.229 e. The first-order valence-corrected chi connectivity index (χ1v) is 8.57. The van der Waals surface area contributed by atoms with Crippen molar-refractivity contribution in [2.45, 2.75) is 45.1 Å². The average Bonchev–Trinajstić information content (AvgIpc) is 2.66. The molecule has 104 valence electrons. The van der Waals surface area contributed by atoms with E-state index in [4.69, 9.17) is 9.47 Å². The van der Waals surface area contributed by atoms with Crippen LogP contribution < -0.4 is 0 Å². The molecule has 1 heterocycles. The monoisotopic (exact) mass is 273 g/mol. The number of amides is 2. The van der Waals surface area contributed by atoms with Crippen molar-refractivity contribution >= 4 is 21.3 Å². The van der Waals surface area contributed by atoms with Gasteiger partial charge in [0.05, 0.1) is 9.52 Å². The summed E-state index contributed by atoms with van der Waals surface area (Å²) in [5.41, 5.74) is 0. The molecule has 0 radical (unpaired) electrons. The van der Waals surface area contributed by atoms with E-state index < -0.39 is 9.52 Å². The molecule has 6 heteroatoms. The topological polar surface area (TPSA) is 55.8 Å². The summed E-state index contributed by atoms with van der Waals surface area (Å²) >= 11 is 0. The summed E-state index contributed by atoms with van der Waals surface area (Å²) in [4.78, 5) is 24.2. The van der Waals surface area contributed by atoms with Crippen molar-refractivity contribution in [2.75, 3.05) is 19.8 Å². The fraction of sp³-hybridized carbons (Fsp3) is 0.833. The van der Waals surface area contributed by atoms with Crippen LogP contribution in [0.25, 0.3) is 0 Å². The zero-order valence-electron chi connectivity index (χ0n) is 11.3. The van der Waals surface area contributed by atoms with Crippen molar-refractivity contribution in [1.82, 2.24) is 4.90 Å². The molecule has 1 rings (SSSR count). The zero-order valence-corrected chi connectivity index (χ0v) is 12.7. The highest BCUT2D eigenvalue weighted by atomic mass is 28.2. The highest BCUT2D eigenvalue weighted by Gasteiger charge is 2.27. The maximum absolute atomic E-state index is 11.4. The second-order valence-electron chi connectivity index (χ2n) is 4.28. The van der Waals surface area contributed by atoms with Crippen LogP contribution in [-0.2, 0) is 19.1 Å². The molecule has 0 N–H and O–H groups in total. The molecule has 0 aliphatic carbocycles. The maximum Gasteiger partial charge on any atom is 0.229 e. The van der Waals surface area contributed by atoms with Crippen molar-refractivity contribution in [3.05, 3.63) is 0 Å². The second-order valence-corrected chi connectivity index (χ2v) is 6.23. The van der Waals surface area contributed by atoms with Gasteiger partial charge in [0, 0.05) is 32.6 Å². The number of hydrogen-bond donors (Lipinski definition) is 0. The van der Waals surface area contributed by atoms with Crippen LogP contribution in [0.5, 0.6) is 0 Å². The molecule has 0 aromatic carbocycles. The van der Waals surface area contributed by atoms with Gasteiger partial charge in [-0.15, -0.1) is 0 Å². The average molecular weight is 273 g/mol. The number of nitrogens with zero attached hydrogens (tertiary/aromatic N) is 1. The predicted molar refractivity (Wildman–Crippen MR) is 71.0 cm³/mol. The Labute approximate surface area is 111 Å². The summed E-state index contributed by atoms with van der Waals surface area (Å²) in [5, 5.41) is 0. The Hall–Kier alpha value is -0.723. The van der Waals surface area contributed by atoms with E-state index in [2.05, 4.69) is 0 Å². The zero-order chi connectivity index (χ0) is 13.4. The van der Waals surface area contributed by atoms with Gasteiger partial charge in [-0.2, -0.15) is 0 Å². The molecule has 1 aliphatic rings. The van der Waals surface area contributed by atoms with Crippen molar-refractivity contribution in [3.63, 3.8) is 0 Å². The summed E-state index contributed by atoms with van der Waals surface area (Å²) in [6.07, 6.45) is 1.65. The maximum atomic E-state index is 11.4. The molecular formula is C12H23NO4Si. The van der Waals surface area contributed by atoms with Gasteiger partial charge in [0.15, 0.2) is 0 Å². The van der Waals surface area contributed by atoms with Crippen LogP contribution in [0.3, 0.4) is 0 Å². The van der Waals surface area contributed by atoms with E-state index in [-0.39, 0.29) is 17.7 Å². The molecule has 2 amide bonds. The first kappa shape index (κ1) is 15.3. The lowest BCUT2D eigenvalue weighted by molar-refractivity contribution is -0.138. The quantitative estimate of drug-likeness (QED) is 0.265. The minimum absolute atomic E-state index is 0.0205. The first-order valence-electron chi connectivity index (χ1n) is 6.75. The molecule has 5 nitrogen and oxygen atoms in total. The summed E-state index contributed by atoms with van der Waals surface area (Å²) in [6.45, 7) is 5.82. The largest absolute Gasteiger partial charge is 0.357 e. The number of rotatable bonds is 9. The van der Waals surface area contributed by atoms with E-state index in [0.29, 0.717) is 32.6 Å². The number of ether oxygens (including phenoxy) is 2. The van der Waals surface area contributed by atoms with Gasteiger partial charge in [0.25, 0.3) is 0 Å². The van der Waals surface area contributed by atoms with Gasteiger partial charge in [0.1, 0.15) is 5.91 Å². The predicted octanol–water partition coefficient (Wildman–Crippen LogP) is 0.469. The third-order valence-electron chi connectivity index (χ3n) is 2.93. The van der Waals surface area contributed by atoms with Crippen LogP contribution in [0.15, 0.2) is 0 Å². The molecule has 1 aliphatic heterocycles. The van der Waals surface area contributed by atoms with Crippen molar-refractivity contribution in [1.29, 1.82) is 0 Å². The fourth-order valence-electron chi connectivity index (χ4n) is 2.04. The molecule has 0 bridgehead atoms. The number of carbonyl (C=O) groups excluding carboxylic acids is 2. The molecule has 0 spiro atoms. The van der Waals surface area contributed by atoms with Crippen molar-refractivity contribution < 1.29 is 19.1 Å². The van der Waals surface area contributed by atoms with Gasteiger partial charge in [0.2, 0.25) is 11.8 Å². The highest BCUT2D eigenvalue weighted by Crippen LogP contribution is 2.12. The Morgan fingerprint density at radius 3 is 2.22 bits per heavy atom. The molecule has 18 heavy (non-hydrogen) atoms. The van der Waals surface area contributed by atoms with E-state index in [1.54, 1.807) is 0 Å². The lowest BCUT2D eigenvalue weighted by atomic mass is 10.4. The van der Waals surface area contributed by atoms with Gasteiger partial charge in [-0.25, -0.2) is 0 Å². The van der Waals surface area contributed by atoms with Gasteiger partial charge < -0.3 is 9.47 Å². The SMILES string of the molecule is CCOC(OCC)[SiH2]CCCN1C(=O)CCC1=O. The minimum atomic E-state index is -0.462. The lowest BCUT2D eigenvalue weighted by Gasteiger charge is -2.17. The van der Waals surface area contributed by atoms with Crippen LogP contribution in [0.2, 0.25) is 6.04 Å². The summed E-state index contributed by atoms with van der Waals surface area (Å²) in [7, 11) is -0.462. The standard InChI is InChI=1S/C12H23NO4Si/c1-3-16-12(17-4-2)18-9-5-8-13-10(14)6-7-11(13)15/h12H,3-9,18H2,1-2H3. The van der Waals surface area contributed by atoms with E-state index >= 15 is 0 Å². The molecule has 1 saturated heterocycles. The summed E-state index contributed by atoms with van der Waals surface area (Å²) in [5.74, 6) is -0.0642. The van der Waals surface area contributed by atoms with Crippen molar-refractivity contribution in [2.24, 2.45) is 0 Å². The second kappa shape index (κ2) is 8.39. The highest BCUT2D eigenvalue weighted by molar-refractivity contribution is 6.36. The fourth-order valence-corrected chi connectivity index (χ4v) is 3.69. The van der Waals surface area contributed by atoms with E-state index in [1.165, 1.54) is 4.90 Å². The Balaban J connectivity index is 2.16. The van der Waals surface area contributed by atoms with E-state index in [1.807, 2.05) is 13.8 Å². The van der Waals surface area contributed by atoms with Gasteiger partial charge in [-0.05, 0) is 20.3 Å². The first-order chi connectivity index (χ1) is 8.69. The molecule has 0 saturated carbocycles. The number of carbonyl (C=O) groups is 2. The van der Waals surface area contributed by atoms with E-state index in [9.17, 15) is 9.59 Å². The molecule has 0 unspecified atom stereocenters. The van der Waals surface area contributed by atoms with Crippen LogP contribution in [0.1, 0.15) is 33.1 Å². The molecular weight excluding hydrogens is 250 g/mol. The van der Waals surface area contributed by atoms with Gasteiger partial charge in [-0.3, -0.25) is 14.5 Å². The van der Waals surface area contributed by atoms with Gasteiger partial charge >= 0.3 is 0 Å². The molecule has 0 aromatic heterocycles. The summed E-state index contributed by atoms with van der Waals surface area (Å²) in [6, 6.07) is 1.03. The summed E-state index contributed by atoms with van der Waals surface area (Å²) < 4.78 is 11.0. The van der Waals surface area contributed by atoms with Crippen LogP contribution >= 0.6 is 0 Å². The van der Waals surface area contributed by atoms with Crippen molar-refractivity contribution in [3.8, 4) is 0 Å². The Morgan fingerprint density at radius 2 is 1.72 bits per heavy atom. The van der Waals surface area contributed by atoms with Crippen LogP contribution in [-0.4, -0.2) is 51.9 Å². The van der Waals surface area contributed by atoms with E-state index in [0.717, 1.165) is 12.5 Å². The molecule has 1 fully saturated rings. The number of imide groups is 1. The lowest BCUT2D eigenvalue weighted by Crippen LogP contribution is -2.31. The normalized spacial score (nSPS) is 16.7. The molecule has 0 aromatic rings. The van der Waals surface area contributed by atoms with Crippen LogP contribution in [0, 0.1) is 0 Å². The number of hydrogen-bond acceptors (Lipinski definition) is 4. The van der Waals surface area contributed by atoms with Crippen LogP contribution in [0.4, 0.5) is 0 Å². The third-order valence-corrected chi connectivity index (χ3v) is 4.78. The number of likely N-dealkylation sites (tertiary alicyclic amines) is 1. The Kier molecular flexibility index (Phi) is 7.15. The Bertz CT molecular complexity index is 263. The Morgan fingerprint density at radius 1 is 1.17 bits per heavy atom.